The Morgan fingerprint density at radius 3 is 2.04 bits per heavy atom. The number of methoxy groups -OCH3 is 3. The third-order valence-corrected chi connectivity index (χ3v) is 4.38. The molecule has 0 saturated carbocycles. The van der Waals surface area contributed by atoms with Crippen molar-refractivity contribution < 1.29 is 14.2 Å². The SMILES string of the molecule is COc1ccc([C@H](CC(C)C)N2CCNCC2)c(OC)c1OC.Cl.Cl. The van der Waals surface area contributed by atoms with Gasteiger partial charge in [-0.1, -0.05) is 13.8 Å². The summed E-state index contributed by atoms with van der Waals surface area (Å²) in [5.74, 6) is 2.77. The van der Waals surface area contributed by atoms with Crippen molar-refractivity contribution in [2.24, 2.45) is 5.92 Å². The summed E-state index contributed by atoms with van der Waals surface area (Å²) in [5, 5.41) is 3.43. The van der Waals surface area contributed by atoms with Crippen molar-refractivity contribution in [3.05, 3.63) is 17.7 Å². The van der Waals surface area contributed by atoms with Crippen molar-refractivity contribution >= 4 is 24.8 Å². The molecule has 1 saturated heterocycles. The highest BCUT2D eigenvalue weighted by molar-refractivity contribution is 5.85. The van der Waals surface area contributed by atoms with E-state index in [-0.39, 0.29) is 24.8 Å². The van der Waals surface area contributed by atoms with Gasteiger partial charge < -0.3 is 19.5 Å². The highest BCUT2D eigenvalue weighted by Crippen LogP contribution is 2.44. The number of nitrogens with one attached hydrogen (secondary N) is 1. The van der Waals surface area contributed by atoms with Gasteiger partial charge in [-0.05, 0) is 24.5 Å². The summed E-state index contributed by atoms with van der Waals surface area (Å²) >= 11 is 0. The van der Waals surface area contributed by atoms with Crippen molar-refractivity contribution in [3.8, 4) is 17.2 Å². The van der Waals surface area contributed by atoms with Gasteiger partial charge in [0.25, 0.3) is 0 Å². The molecule has 146 valence electrons. The average Bonchev–Trinajstić information content (AvgIpc) is 2.58. The Morgan fingerprint density at radius 2 is 1.56 bits per heavy atom. The van der Waals surface area contributed by atoms with Gasteiger partial charge in [-0.15, -0.1) is 24.8 Å². The van der Waals surface area contributed by atoms with Crippen LogP contribution >= 0.6 is 24.8 Å². The molecule has 1 N–H and O–H groups in total. The molecule has 0 radical (unpaired) electrons. The number of hydrogen-bond donors (Lipinski definition) is 1. The summed E-state index contributed by atoms with van der Waals surface area (Å²) in [5.41, 5.74) is 1.18. The van der Waals surface area contributed by atoms with E-state index in [1.54, 1.807) is 21.3 Å². The Bertz CT molecular complexity index is 509. The molecule has 0 unspecified atom stereocenters. The molecular weight excluding hydrogens is 363 g/mol. The van der Waals surface area contributed by atoms with Crippen LogP contribution in [0.3, 0.4) is 0 Å². The zero-order chi connectivity index (χ0) is 16.8. The molecule has 7 heteroatoms. The van der Waals surface area contributed by atoms with Crippen LogP contribution in [0.4, 0.5) is 0 Å². The number of piperazine rings is 1. The van der Waals surface area contributed by atoms with Gasteiger partial charge in [-0.25, -0.2) is 0 Å². The van der Waals surface area contributed by atoms with E-state index in [9.17, 15) is 0 Å². The van der Waals surface area contributed by atoms with E-state index in [0.29, 0.717) is 23.5 Å². The number of nitrogens with zero attached hydrogens (tertiary/aromatic N) is 1. The second kappa shape index (κ2) is 11.7. The normalized spacial score (nSPS) is 15.8. The van der Waals surface area contributed by atoms with Crippen LogP contribution in [0, 0.1) is 5.92 Å². The van der Waals surface area contributed by atoms with Gasteiger partial charge in [0.05, 0.1) is 21.3 Å². The minimum Gasteiger partial charge on any atom is -0.493 e. The van der Waals surface area contributed by atoms with Gasteiger partial charge in [-0.2, -0.15) is 0 Å². The third-order valence-electron chi connectivity index (χ3n) is 4.38. The molecule has 1 aromatic rings. The first kappa shape index (κ1) is 24.1. The Morgan fingerprint density at radius 1 is 0.960 bits per heavy atom. The zero-order valence-electron chi connectivity index (χ0n) is 15.8. The summed E-state index contributed by atoms with van der Waals surface area (Å²) in [6, 6.07) is 4.42. The minimum absolute atomic E-state index is 0. The number of hydrogen-bond acceptors (Lipinski definition) is 5. The van der Waals surface area contributed by atoms with Crippen molar-refractivity contribution in [1.29, 1.82) is 0 Å². The van der Waals surface area contributed by atoms with Gasteiger partial charge in [0, 0.05) is 37.8 Å². The Labute approximate surface area is 164 Å². The van der Waals surface area contributed by atoms with Crippen LogP contribution in [0.1, 0.15) is 31.9 Å². The molecule has 1 aromatic carbocycles. The lowest BCUT2D eigenvalue weighted by molar-refractivity contribution is 0.150. The Kier molecular flexibility index (Phi) is 11.3. The van der Waals surface area contributed by atoms with Crippen LogP contribution in [-0.2, 0) is 0 Å². The molecule has 0 amide bonds. The van der Waals surface area contributed by atoms with E-state index in [1.807, 2.05) is 6.07 Å². The number of halogens is 2. The fourth-order valence-electron chi connectivity index (χ4n) is 3.30. The molecule has 1 aliphatic rings. The van der Waals surface area contributed by atoms with E-state index in [2.05, 4.69) is 30.1 Å². The molecule has 1 atom stereocenters. The van der Waals surface area contributed by atoms with Crippen LogP contribution in [0.2, 0.25) is 0 Å². The van der Waals surface area contributed by atoms with Crippen LogP contribution in [0.15, 0.2) is 12.1 Å². The lowest BCUT2D eigenvalue weighted by Gasteiger charge is -2.37. The molecule has 0 spiro atoms. The summed E-state index contributed by atoms with van der Waals surface area (Å²) < 4.78 is 16.7. The van der Waals surface area contributed by atoms with Crippen LogP contribution in [0.5, 0.6) is 17.2 Å². The van der Waals surface area contributed by atoms with Crippen molar-refractivity contribution in [2.75, 3.05) is 47.5 Å². The fraction of sp³-hybridized carbons (Fsp3) is 0.667. The molecule has 0 aliphatic carbocycles. The maximum Gasteiger partial charge on any atom is 0.203 e. The summed E-state index contributed by atoms with van der Waals surface area (Å²) in [6.45, 7) is 8.70. The quantitative estimate of drug-likeness (QED) is 0.765. The van der Waals surface area contributed by atoms with Crippen molar-refractivity contribution in [3.63, 3.8) is 0 Å². The molecule has 1 aliphatic heterocycles. The van der Waals surface area contributed by atoms with Gasteiger partial charge in [0.2, 0.25) is 5.75 Å². The van der Waals surface area contributed by atoms with Crippen LogP contribution in [-0.4, -0.2) is 52.4 Å². The highest BCUT2D eigenvalue weighted by atomic mass is 35.5. The first-order valence-electron chi connectivity index (χ1n) is 8.36. The maximum absolute atomic E-state index is 5.72. The summed E-state index contributed by atoms with van der Waals surface area (Å²) in [4.78, 5) is 2.54. The van der Waals surface area contributed by atoms with Gasteiger partial charge in [0.15, 0.2) is 11.5 Å². The number of benzene rings is 1. The predicted octanol–water partition coefficient (Wildman–Crippen LogP) is 3.55. The lowest BCUT2D eigenvalue weighted by Crippen LogP contribution is -2.45. The fourth-order valence-corrected chi connectivity index (χ4v) is 3.30. The van der Waals surface area contributed by atoms with E-state index in [4.69, 9.17) is 14.2 Å². The van der Waals surface area contributed by atoms with Crippen LogP contribution < -0.4 is 19.5 Å². The second-order valence-electron chi connectivity index (χ2n) is 6.35. The molecule has 5 nitrogen and oxygen atoms in total. The molecular formula is C18H32Cl2N2O3. The second-order valence-corrected chi connectivity index (χ2v) is 6.35. The summed E-state index contributed by atoms with van der Waals surface area (Å²) in [7, 11) is 5.01. The molecule has 1 heterocycles. The largest absolute Gasteiger partial charge is 0.493 e. The van der Waals surface area contributed by atoms with Crippen molar-refractivity contribution in [1.82, 2.24) is 10.2 Å². The predicted molar refractivity (Wildman–Crippen MR) is 107 cm³/mol. The summed E-state index contributed by atoms with van der Waals surface area (Å²) in [6.07, 6.45) is 1.09. The minimum atomic E-state index is 0. The Hall–Kier alpha value is -0.880. The molecule has 0 bridgehead atoms. The maximum atomic E-state index is 5.72. The first-order chi connectivity index (χ1) is 11.1. The third kappa shape index (κ3) is 5.81. The Balaban J connectivity index is 0.00000288. The standard InChI is InChI=1S/C18H30N2O3.2ClH/c1-13(2)12-15(20-10-8-19-9-11-20)14-6-7-16(21-3)18(23-5)17(14)22-4;;/h6-7,13,15,19H,8-12H2,1-5H3;2*1H/t15-;;/m0../s1. The zero-order valence-corrected chi connectivity index (χ0v) is 17.5. The van der Waals surface area contributed by atoms with Gasteiger partial charge in [0.1, 0.15) is 0 Å². The molecule has 0 aromatic heterocycles. The van der Waals surface area contributed by atoms with E-state index in [0.717, 1.165) is 38.3 Å². The number of ether oxygens (including phenoxy) is 3. The van der Waals surface area contributed by atoms with E-state index < -0.39 is 0 Å². The topological polar surface area (TPSA) is 43.0 Å². The van der Waals surface area contributed by atoms with E-state index >= 15 is 0 Å². The monoisotopic (exact) mass is 394 g/mol. The smallest absolute Gasteiger partial charge is 0.203 e. The molecule has 2 rings (SSSR count). The molecule has 1 fully saturated rings. The molecule has 25 heavy (non-hydrogen) atoms. The van der Waals surface area contributed by atoms with Gasteiger partial charge >= 0.3 is 0 Å². The lowest BCUT2D eigenvalue weighted by atomic mass is 9.93. The number of rotatable bonds is 7. The first-order valence-corrected chi connectivity index (χ1v) is 8.36. The highest BCUT2D eigenvalue weighted by Gasteiger charge is 2.28. The van der Waals surface area contributed by atoms with Gasteiger partial charge in [-0.3, -0.25) is 4.90 Å². The van der Waals surface area contributed by atoms with Crippen molar-refractivity contribution in [2.45, 2.75) is 26.3 Å². The average molecular weight is 395 g/mol. The van der Waals surface area contributed by atoms with E-state index in [1.165, 1.54) is 5.56 Å². The van der Waals surface area contributed by atoms with Crippen LogP contribution in [0.25, 0.3) is 0 Å².